The molecule has 5 nitrogen and oxygen atoms in total. The lowest BCUT2D eigenvalue weighted by Crippen LogP contribution is -2.41. The van der Waals surface area contributed by atoms with E-state index in [0.29, 0.717) is 0 Å². The van der Waals surface area contributed by atoms with Crippen molar-refractivity contribution in [1.29, 1.82) is 0 Å². The lowest BCUT2D eigenvalue weighted by Gasteiger charge is -2.28. The Morgan fingerprint density at radius 2 is 2.00 bits per heavy atom. The van der Waals surface area contributed by atoms with Gasteiger partial charge in [0.25, 0.3) is 11.6 Å². The van der Waals surface area contributed by atoms with Crippen LogP contribution in [0.2, 0.25) is 5.02 Å². The third-order valence-electron chi connectivity index (χ3n) is 3.07. The number of hydrogen-bond donors (Lipinski definition) is 1. The Labute approximate surface area is 117 Å². The Bertz CT molecular complexity index is 509. The molecule has 0 saturated carbocycles. The number of halogens is 1. The average molecular weight is 285 g/mol. The van der Waals surface area contributed by atoms with E-state index >= 15 is 0 Å². The predicted octanol–water partition coefficient (Wildman–Crippen LogP) is 3.41. The van der Waals surface area contributed by atoms with Gasteiger partial charge in [-0.1, -0.05) is 38.4 Å². The van der Waals surface area contributed by atoms with E-state index in [9.17, 15) is 14.9 Å². The van der Waals surface area contributed by atoms with Gasteiger partial charge < -0.3 is 5.32 Å². The molecule has 0 aliphatic heterocycles. The van der Waals surface area contributed by atoms with Crippen molar-refractivity contribution in [2.45, 2.75) is 33.7 Å². The minimum Gasteiger partial charge on any atom is -0.349 e. The summed E-state index contributed by atoms with van der Waals surface area (Å²) in [6, 6.07) is 4.10. The van der Waals surface area contributed by atoms with Gasteiger partial charge in [0.05, 0.1) is 10.5 Å². The van der Waals surface area contributed by atoms with E-state index in [-0.39, 0.29) is 27.7 Å². The normalized spacial score (nSPS) is 12.9. The molecule has 0 bridgehead atoms. The van der Waals surface area contributed by atoms with E-state index in [0.717, 1.165) is 0 Å². The van der Waals surface area contributed by atoms with Crippen LogP contribution in [0.15, 0.2) is 18.2 Å². The van der Waals surface area contributed by atoms with Gasteiger partial charge in [0.2, 0.25) is 0 Å². The standard InChI is InChI=1S/C13H17ClN2O3/c1-8(13(2,3)4)15-12(17)9-6-5-7-10(11(9)14)16(18)19/h5-8H,1-4H3,(H,15,17). The Morgan fingerprint density at radius 3 is 2.47 bits per heavy atom. The van der Waals surface area contributed by atoms with Crippen LogP contribution < -0.4 is 5.32 Å². The van der Waals surface area contributed by atoms with Gasteiger partial charge in [0, 0.05) is 12.1 Å². The summed E-state index contributed by atoms with van der Waals surface area (Å²) in [5, 5.41) is 13.4. The fourth-order valence-electron chi connectivity index (χ4n) is 1.33. The Hall–Kier alpha value is -1.62. The molecule has 0 aromatic heterocycles. The number of carbonyl (C=O) groups excluding carboxylic acids is 1. The molecule has 0 fully saturated rings. The first-order valence-corrected chi connectivity index (χ1v) is 6.26. The fourth-order valence-corrected chi connectivity index (χ4v) is 1.61. The molecule has 0 aliphatic rings. The van der Waals surface area contributed by atoms with Gasteiger partial charge in [0.1, 0.15) is 5.02 Å². The molecule has 1 N–H and O–H groups in total. The van der Waals surface area contributed by atoms with E-state index in [2.05, 4.69) is 5.32 Å². The molecule has 0 saturated heterocycles. The maximum Gasteiger partial charge on any atom is 0.288 e. The van der Waals surface area contributed by atoms with Crippen molar-refractivity contribution in [1.82, 2.24) is 5.32 Å². The molecule has 1 rings (SSSR count). The van der Waals surface area contributed by atoms with Crippen molar-refractivity contribution in [2.75, 3.05) is 0 Å². The largest absolute Gasteiger partial charge is 0.349 e. The summed E-state index contributed by atoms with van der Waals surface area (Å²) >= 11 is 5.89. The molecule has 19 heavy (non-hydrogen) atoms. The first-order valence-electron chi connectivity index (χ1n) is 5.88. The van der Waals surface area contributed by atoms with Gasteiger partial charge in [-0.25, -0.2) is 0 Å². The lowest BCUT2D eigenvalue weighted by atomic mass is 9.88. The van der Waals surface area contributed by atoms with E-state index in [1.165, 1.54) is 18.2 Å². The molecular formula is C13H17ClN2O3. The average Bonchev–Trinajstić information content (AvgIpc) is 2.27. The Balaban J connectivity index is 3.02. The molecule has 0 radical (unpaired) electrons. The highest BCUT2D eigenvalue weighted by Gasteiger charge is 2.25. The van der Waals surface area contributed by atoms with Crippen LogP contribution in [0.5, 0.6) is 0 Å². The molecule has 1 unspecified atom stereocenters. The van der Waals surface area contributed by atoms with E-state index in [4.69, 9.17) is 11.6 Å². The third-order valence-corrected chi connectivity index (χ3v) is 3.46. The highest BCUT2D eigenvalue weighted by Crippen LogP contribution is 2.28. The SMILES string of the molecule is CC(NC(=O)c1cccc([N+](=O)[O-])c1Cl)C(C)(C)C. The van der Waals surface area contributed by atoms with Gasteiger partial charge in [0.15, 0.2) is 0 Å². The molecule has 1 aromatic carbocycles. The number of nitro groups is 1. The van der Waals surface area contributed by atoms with Crippen molar-refractivity contribution in [3.8, 4) is 0 Å². The van der Waals surface area contributed by atoms with E-state index < -0.39 is 10.8 Å². The van der Waals surface area contributed by atoms with Gasteiger partial charge >= 0.3 is 0 Å². The minimum absolute atomic E-state index is 0.0877. The summed E-state index contributed by atoms with van der Waals surface area (Å²) in [5.74, 6) is -0.406. The number of hydrogen-bond acceptors (Lipinski definition) is 3. The predicted molar refractivity (Wildman–Crippen MR) is 74.5 cm³/mol. The molecule has 1 amide bonds. The second-order valence-electron chi connectivity index (χ2n) is 5.46. The third kappa shape index (κ3) is 3.67. The van der Waals surface area contributed by atoms with Gasteiger partial charge in [-0.15, -0.1) is 0 Å². The zero-order chi connectivity index (χ0) is 14.8. The minimum atomic E-state index is -0.605. The van der Waals surface area contributed by atoms with Crippen molar-refractivity contribution < 1.29 is 9.72 Å². The summed E-state index contributed by atoms with van der Waals surface area (Å²) in [6.07, 6.45) is 0. The van der Waals surface area contributed by atoms with Crippen LogP contribution in [-0.2, 0) is 0 Å². The first-order chi connectivity index (χ1) is 8.64. The molecule has 0 aliphatic carbocycles. The molecule has 1 aromatic rings. The number of amides is 1. The van der Waals surface area contributed by atoms with Crippen molar-refractivity contribution >= 4 is 23.2 Å². The quantitative estimate of drug-likeness (QED) is 0.683. The molecule has 0 heterocycles. The maximum atomic E-state index is 12.1. The van der Waals surface area contributed by atoms with Gasteiger partial charge in [-0.05, 0) is 18.4 Å². The summed E-state index contributed by atoms with van der Waals surface area (Å²) < 4.78 is 0. The topological polar surface area (TPSA) is 72.2 Å². The smallest absolute Gasteiger partial charge is 0.288 e. The summed E-state index contributed by atoms with van der Waals surface area (Å²) in [4.78, 5) is 22.2. The first kappa shape index (κ1) is 15.4. The van der Waals surface area contributed by atoms with Crippen LogP contribution in [-0.4, -0.2) is 16.9 Å². The summed E-state index contributed by atoms with van der Waals surface area (Å²) in [7, 11) is 0. The molecule has 0 spiro atoms. The zero-order valence-electron chi connectivity index (χ0n) is 11.4. The number of nitro benzene ring substituents is 1. The highest BCUT2D eigenvalue weighted by atomic mass is 35.5. The maximum absolute atomic E-state index is 12.1. The second kappa shape index (κ2) is 5.57. The van der Waals surface area contributed by atoms with E-state index in [1.54, 1.807) is 0 Å². The zero-order valence-corrected chi connectivity index (χ0v) is 12.1. The Kier molecular flexibility index (Phi) is 4.52. The van der Waals surface area contributed by atoms with Crippen LogP contribution in [0.25, 0.3) is 0 Å². The van der Waals surface area contributed by atoms with E-state index in [1.807, 2.05) is 27.7 Å². The van der Waals surface area contributed by atoms with Crippen molar-refractivity contribution in [3.05, 3.63) is 38.9 Å². The van der Waals surface area contributed by atoms with Crippen LogP contribution in [0.4, 0.5) is 5.69 Å². The monoisotopic (exact) mass is 284 g/mol. The van der Waals surface area contributed by atoms with Crippen molar-refractivity contribution in [3.63, 3.8) is 0 Å². The van der Waals surface area contributed by atoms with Gasteiger partial charge in [-0.2, -0.15) is 0 Å². The molecule has 104 valence electrons. The number of rotatable bonds is 3. The van der Waals surface area contributed by atoms with Crippen LogP contribution in [0, 0.1) is 15.5 Å². The number of nitrogens with one attached hydrogen (secondary N) is 1. The Morgan fingerprint density at radius 1 is 1.42 bits per heavy atom. The van der Waals surface area contributed by atoms with Crippen molar-refractivity contribution in [2.24, 2.45) is 5.41 Å². The second-order valence-corrected chi connectivity index (χ2v) is 5.83. The summed E-state index contributed by atoms with van der Waals surface area (Å²) in [5.41, 5.74) is -0.257. The highest BCUT2D eigenvalue weighted by molar-refractivity contribution is 6.35. The number of nitrogens with zero attached hydrogens (tertiary/aromatic N) is 1. The van der Waals surface area contributed by atoms with Crippen LogP contribution in [0.3, 0.4) is 0 Å². The summed E-state index contributed by atoms with van der Waals surface area (Å²) in [6.45, 7) is 7.86. The van der Waals surface area contributed by atoms with Gasteiger partial charge in [-0.3, -0.25) is 14.9 Å². The lowest BCUT2D eigenvalue weighted by molar-refractivity contribution is -0.384. The molecule has 6 heteroatoms. The number of benzene rings is 1. The van der Waals surface area contributed by atoms with Crippen LogP contribution in [0.1, 0.15) is 38.1 Å². The number of carbonyl (C=O) groups is 1. The molecule has 1 atom stereocenters. The molecular weight excluding hydrogens is 268 g/mol. The van der Waals surface area contributed by atoms with Crippen LogP contribution >= 0.6 is 11.6 Å². The fraction of sp³-hybridized carbons (Fsp3) is 0.462.